The number of carbonyl (C=O) groups excluding carboxylic acids is 1. The molecule has 2 unspecified atom stereocenters. The minimum Gasteiger partial charge on any atom is -0.338 e. The molecule has 4 nitrogen and oxygen atoms in total. The van der Waals surface area contributed by atoms with Crippen LogP contribution in [0.5, 0.6) is 0 Å². The Labute approximate surface area is 171 Å². The summed E-state index contributed by atoms with van der Waals surface area (Å²) in [7, 11) is 0. The summed E-state index contributed by atoms with van der Waals surface area (Å²) in [5, 5.41) is 0.689. The number of benzene rings is 1. The van der Waals surface area contributed by atoms with Crippen LogP contribution >= 0.6 is 36.4 Å². The van der Waals surface area contributed by atoms with Gasteiger partial charge in [-0.1, -0.05) is 23.7 Å². The highest BCUT2D eigenvalue weighted by molar-refractivity contribution is 6.30. The van der Waals surface area contributed by atoms with Crippen molar-refractivity contribution in [2.75, 3.05) is 13.1 Å². The van der Waals surface area contributed by atoms with Crippen molar-refractivity contribution < 1.29 is 4.79 Å². The highest BCUT2D eigenvalue weighted by Crippen LogP contribution is 2.24. The third-order valence-electron chi connectivity index (χ3n) is 4.65. The van der Waals surface area contributed by atoms with E-state index in [-0.39, 0.29) is 36.8 Å². The highest BCUT2D eigenvalue weighted by atomic mass is 35.5. The number of hydrogen-bond donors (Lipinski definition) is 1. The van der Waals surface area contributed by atoms with Crippen LogP contribution < -0.4 is 5.73 Å². The Morgan fingerprint density at radius 1 is 1.23 bits per heavy atom. The average Bonchev–Trinajstić information content (AvgIpc) is 2.62. The molecule has 1 aliphatic rings. The summed E-state index contributed by atoms with van der Waals surface area (Å²) in [6.45, 7) is 3.52. The minimum absolute atomic E-state index is 0. The Bertz CT molecular complexity index is 722. The third kappa shape index (κ3) is 5.34. The van der Waals surface area contributed by atoms with Crippen molar-refractivity contribution in [2.45, 2.75) is 25.8 Å². The maximum Gasteiger partial charge on any atom is 0.255 e. The fourth-order valence-electron chi connectivity index (χ4n) is 3.16. The normalized spacial score (nSPS) is 17.7. The van der Waals surface area contributed by atoms with Gasteiger partial charge in [0.2, 0.25) is 0 Å². The predicted octanol–water partition coefficient (Wildman–Crippen LogP) is 4.45. The average molecular weight is 417 g/mol. The van der Waals surface area contributed by atoms with E-state index in [2.05, 4.69) is 4.98 Å². The topological polar surface area (TPSA) is 59.2 Å². The molecule has 2 heterocycles. The maximum atomic E-state index is 12.8. The Morgan fingerprint density at radius 2 is 1.92 bits per heavy atom. The van der Waals surface area contributed by atoms with Gasteiger partial charge >= 0.3 is 0 Å². The Hall–Kier alpha value is -1.33. The SMILES string of the molecule is CC(N)C1CCCN(C(=O)c2cncc(-c3ccc(Cl)cc3)c2)C1.Cl.Cl. The van der Waals surface area contributed by atoms with Gasteiger partial charge in [-0.05, 0) is 49.4 Å². The number of carbonyl (C=O) groups is 1. The number of nitrogens with zero attached hydrogens (tertiary/aromatic N) is 2. The highest BCUT2D eigenvalue weighted by Gasteiger charge is 2.26. The van der Waals surface area contributed by atoms with Gasteiger partial charge in [0.05, 0.1) is 5.56 Å². The van der Waals surface area contributed by atoms with Crippen LogP contribution in [0.2, 0.25) is 5.02 Å². The summed E-state index contributed by atoms with van der Waals surface area (Å²) in [5.74, 6) is 0.402. The Kier molecular flexibility index (Phi) is 8.84. The lowest BCUT2D eigenvalue weighted by Crippen LogP contribution is -2.45. The van der Waals surface area contributed by atoms with E-state index in [1.54, 1.807) is 12.4 Å². The van der Waals surface area contributed by atoms with Gasteiger partial charge < -0.3 is 10.6 Å². The van der Waals surface area contributed by atoms with Crippen molar-refractivity contribution in [3.63, 3.8) is 0 Å². The van der Waals surface area contributed by atoms with Crippen LogP contribution in [-0.4, -0.2) is 34.9 Å². The standard InChI is InChI=1S/C19H22ClN3O.2ClH/c1-13(21)15-3-2-8-23(12-15)19(24)17-9-16(10-22-11-17)14-4-6-18(20)7-5-14;;/h4-7,9-11,13,15H,2-3,8,12,21H2,1H3;2*1H. The Morgan fingerprint density at radius 3 is 2.58 bits per heavy atom. The lowest BCUT2D eigenvalue weighted by atomic mass is 9.92. The van der Waals surface area contributed by atoms with Gasteiger partial charge in [0, 0.05) is 42.1 Å². The quantitative estimate of drug-likeness (QED) is 0.804. The number of pyridine rings is 1. The van der Waals surface area contributed by atoms with Crippen LogP contribution in [0, 0.1) is 5.92 Å². The number of likely N-dealkylation sites (tertiary alicyclic amines) is 1. The number of piperidine rings is 1. The molecule has 0 radical (unpaired) electrons. The summed E-state index contributed by atoms with van der Waals surface area (Å²) in [6, 6.07) is 9.54. The van der Waals surface area contributed by atoms with Crippen molar-refractivity contribution in [3.8, 4) is 11.1 Å². The van der Waals surface area contributed by atoms with E-state index in [1.807, 2.05) is 42.2 Å². The zero-order chi connectivity index (χ0) is 17.1. The number of nitrogens with two attached hydrogens (primary N) is 1. The van der Waals surface area contributed by atoms with Gasteiger partial charge in [0.25, 0.3) is 5.91 Å². The molecule has 3 rings (SSSR count). The van der Waals surface area contributed by atoms with Crippen LogP contribution in [0.3, 0.4) is 0 Å². The van der Waals surface area contributed by atoms with E-state index in [1.165, 1.54) is 0 Å². The molecule has 142 valence electrons. The smallest absolute Gasteiger partial charge is 0.255 e. The van der Waals surface area contributed by atoms with Gasteiger partial charge in [-0.25, -0.2) is 0 Å². The van der Waals surface area contributed by atoms with Crippen LogP contribution in [0.25, 0.3) is 11.1 Å². The van der Waals surface area contributed by atoms with E-state index in [9.17, 15) is 4.79 Å². The van der Waals surface area contributed by atoms with Crippen LogP contribution in [0.15, 0.2) is 42.7 Å². The first-order valence-electron chi connectivity index (χ1n) is 8.30. The second kappa shape index (κ2) is 10.1. The van der Waals surface area contributed by atoms with Gasteiger partial charge in [0.15, 0.2) is 0 Å². The lowest BCUT2D eigenvalue weighted by molar-refractivity contribution is 0.0660. The zero-order valence-corrected chi connectivity index (χ0v) is 17.0. The molecule has 1 saturated heterocycles. The van der Waals surface area contributed by atoms with Crippen molar-refractivity contribution >= 4 is 42.3 Å². The molecular formula is C19H24Cl3N3O. The van der Waals surface area contributed by atoms with E-state index >= 15 is 0 Å². The molecule has 0 saturated carbocycles. The Balaban J connectivity index is 0.00000169. The van der Waals surface area contributed by atoms with E-state index < -0.39 is 0 Å². The van der Waals surface area contributed by atoms with Crippen molar-refractivity contribution in [1.82, 2.24) is 9.88 Å². The fourth-order valence-corrected chi connectivity index (χ4v) is 3.29. The largest absolute Gasteiger partial charge is 0.338 e. The summed E-state index contributed by atoms with van der Waals surface area (Å²) >= 11 is 5.93. The predicted molar refractivity (Wildman–Crippen MR) is 111 cm³/mol. The van der Waals surface area contributed by atoms with E-state index in [4.69, 9.17) is 17.3 Å². The molecule has 0 aliphatic carbocycles. The number of aromatic nitrogens is 1. The van der Waals surface area contributed by atoms with Crippen LogP contribution in [0.1, 0.15) is 30.1 Å². The summed E-state index contributed by atoms with van der Waals surface area (Å²) < 4.78 is 0. The summed E-state index contributed by atoms with van der Waals surface area (Å²) in [4.78, 5) is 19.0. The molecule has 1 fully saturated rings. The molecule has 0 bridgehead atoms. The second-order valence-corrected chi connectivity index (χ2v) is 6.92. The minimum atomic E-state index is 0. The van der Waals surface area contributed by atoms with Gasteiger partial charge in [-0.2, -0.15) is 0 Å². The second-order valence-electron chi connectivity index (χ2n) is 6.48. The molecule has 1 aromatic heterocycles. The molecule has 1 aliphatic heterocycles. The van der Waals surface area contributed by atoms with Crippen molar-refractivity contribution in [2.24, 2.45) is 11.7 Å². The number of hydrogen-bond acceptors (Lipinski definition) is 3. The maximum absolute atomic E-state index is 12.8. The number of rotatable bonds is 3. The van der Waals surface area contributed by atoms with E-state index in [0.717, 1.165) is 37.1 Å². The molecule has 1 amide bonds. The summed E-state index contributed by atoms with van der Waals surface area (Å²) in [5.41, 5.74) is 8.55. The fraction of sp³-hybridized carbons (Fsp3) is 0.368. The van der Waals surface area contributed by atoms with Gasteiger partial charge in [-0.15, -0.1) is 24.8 Å². The van der Waals surface area contributed by atoms with Crippen molar-refractivity contribution in [1.29, 1.82) is 0 Å². The zero-order valence-electron chi connectivity index (χ0n) is 14.6. The molecule has 0 spiro atoms. The molecule has 2 atom stereocenters. The third-order valence-corrected chi connectivity index (χ3v) is 4.90. The monoisotopic (exact) mass is 415 g/mol. The number of halogens is 3. The van der Waals surface area contributed by atoms with Gasteiger partial charge in [0.1, 0.15) is 0 Å². The first kappa shape index (κ1) is 22.7. The molecule has 2 N–H and O–H groups in total. The van der Waals surface area contributed by atoms with Crippen molar-refractivity contribution in [3.05, 3.63) is 53.3 Å². The first-order valence-corrected chi connectivity index (χ1v) is 8.68. The molecule has 7 heteroatoms. The van der Waals surface area contributed by atoms with E-state index in [0.29, 0.717) is 16.5 Å². The van der Waals surface area contributed by atoms with Crippen LogP contribution in [-0.2, 0) is 0 Å². The summed E-state index contributed by atoms with van der Waals surface area (Å²) in [6.07, 6.45) is 5.49. The van der Waals surface area contributed by atoms with Crippen LogP contribution in [0.4, 0.5) is 0 Å². The molecule has 1 aromatic carbocycles. The molecule has 2 aromatic rings. The number of amides is 1. The van der Waals surface area contributed by atoms with Gasteiger partial charge in [-0.3, -0.25) is 9.78 Å². The molecule has 26 heavy (non-hydrogen) atoms. The first-order chi connectivity index (χ1) is 11.5. The molecular weight excluding hydrogens is 393 g/mol. The lowest BCUT2D eigenvalue weighted by Gasteiger charge is -2.34.